The lowest BCUT2D eigenvalue weighted by atomic mass is 9.93. The summed E-state index contributed by atoms with van der Waals surface area (Å²) in [4.78, 5) is 19.8. The summed E-state index contributed by atoms with van der Waals surface area (Å²) in [5.41, 5.74) is 5.78. The lowest BCUT2D eigenvalue weighted by Gasteiger charge is -2.19. The quantitative estimate of drug-likeness (QED) is 0.255. The number of hydrogen-bond acceptors (Lipinski definition) is 3. The van der Waals surface area contributed by atoms with Crippen LogP contribution in [0.1, 0.15) is 26.3 Å². The van der Waals surface area contributed by atoms with E-state index >= 15 is 0 Å². The van der Waals surface area contributed by atoms with Crippen molar-refractivity contribution in [2.75, 3.05) is 19.6 Å². The van der Waals surface area contributed by atoms with Gasteiger partial charge in [-0.1, -0.05) is 17.7 Å². The minimum atomic E-state index is -0.664. The van der Waals surface area contributed by atoms with Crippen LogP contribution in [0.2, 0.25) is 5.15 Å². The number of halogens is 2. The van der Waals surface area contributed by atoms with Crippen LogP contribution in [0.4, 0.5) is 0 Å². The second-order valence-corrected chi connectivity index (χ2v) is 6.00. The van der Waals surface area contributed by atoms with Gasteiger partial charge in [0.2, 0.25) is 5.91 Å². The zero-order valence-corrected chi connectivity index (χ0v) is 16.8. The van der Waals surface area contributed by atoms with E-state index in [1.54, 1.807) is 26.1 Å². The van der Waals surface area contributed by atoms with Gasteiger partial charge in [0.05, 0.1) is 12.0 Å². The summed E-state index contributed by atoms with van der Waals surface area (Å²) in [6, 6.07) is 3.71. The lowest BCUT2D eigenvalue weighted by molar-refractivity contribution is -0.125. The SMILES string of the molecule is CCNC(=NCC(C)(C)C(N)=O)NCCc1ccc(Cl)nc1.I. The van der Waals surface area contributed by atoms with Gasteiger partial charge >= 0.3 is 0 Å². The first-order chi connectivity index (χ1) is 10.3. The Morgan fingerprint density at radius 2 is 2.09 bits per heavy atom. The second-order valence-electron chi connectivity index (χ2n) is 5.61. The molecule has 0 spiro atoms. The fraction of sp³-hybridized carbons (Fsp3) is 0.533. The molecule has 0 unspecified atom stereocenters. The van der Waals surface area contributed by atoms with E-state index in [0.717, 1.165) is 18.5 Å². The number of aromatic nitrogens is 1. The minimum absolute atomic E-state index is 0. The van der Waals surface area contributed by atoms with Crippen LogP contribution >= 0.6 is 35.6 Å². The maximum Gasteiger partial charge on any atom is 0.224 e. The van der Waals surface area contributed by atoms with Gasteiger partial charge in [-0.2, -0.15) is 0 Å². The Labute approximate surface area is 159 Å². The maximum atomic E-state index is 11.3. The first-order valence-corrected chi connectivity index (χ1v) is 7.65. The molecule has 130 valence electrons. The van der Waals surface area contributed by atoms with E-state index in [-0.39, 0.29) is 29.9 Å². The molecule has 4 N–H and O–H groups in total. The largest absolute Gasteiger partial charge is 0.369 e. The number of nitrogens with zero attached hydrogens (tertiary/aromatic N) is 2. The van der Waals surface area contributed by atoms with Crippen molar-refractivity contribution in [3.63, 3.8) is 0 Å². The third kappa shape index (κ3) is 8.36. The highest BCUT2D eigenvalue weighted by Gasteiger charge is 2.24. The van der Waals surface area contributed by atoms with Crippen molar-refractivity contribution in [2.45, 2.75) is 27.2 Å². The molecule has 8 heteroatoms. The molecule has 1 aromatic heterocycles. The monoisotopic (exact) mass is 453 g/mol. The Morgan fingerprint density at radius 3 is 2.61 bits per heavy atom. The molecular weight excluding hydrogens is 429 g/mol. The number of primary amides is 1. The number of pyridine rings is 1. The number of guanidine groups is 1. The van der Waals surface area contributed by atoms with Crippen LogP contribution in [0.15, 0.2) is 23.3 Å². The standard InChI is InChI=1S/C15H24ClN5O.HI/c1-4-18-14(21-10-15(2,3)13(17)22)19-8-7-11-5-6-12(16)20-9-11;/h5-6,9H,4,7-8,10H2,1-3H3,(H2,17,22)(H2,18,19,21);1H. The number of carbonyl (C=O) groups is 1. The third-order valence-corrected chi connectivity index (χ3v) is 3.36. The zero-order chi connectivity index (χ0) is 16.6. The minimum Gasteiger partial charge on any atom is -0.369 e. The van der Waals surface area contributed by atoms with Crippen molar-refractivity contribution in [1.82, 2.24) is 15.6 Å². The predicted octanol–water partition coefficient (Wildman–Crippen LogP) is 1.96. The van der Waals surface area contributed by atoms with Crippen molar-refractivity contribution in [3.8, 4) is 0 Å². The number of hydrogen-bond donors (Lipinski definition) is 3. The number of aliphatic imine (C=N–C) groups is 1. The zero-order valence-electron chi connectivity index (χ0n) is 13.7. The van der Waals surface area contributed by atoms with Crippen LogP contribution in [0.3, 0.4) is 0 Å². The summed E-state index contributed by atoms with van der Waals surface area (Å²) in [7, 11) is 0. The molecule has 0 atom stereocenters. The van der Waals surface area contributed by atoms with Crippen molar-refractivity contribution >= 4 is 47.4 Å². The van der Waals surface area contributed by atoms with Crippen molar-refractivity contribution in [3.05, 3.63) is 29.0 Å². The molecule has 0 saturated carbocycles. The van der Waals surface area contributed by atoms with E-state index in [9.17, 15) is 4.79 Å². The van der Waals surface area contributed by atoms with Crippen LogP contribution in [-0.2, 0) is 11.2 Å². The van der Waals surface area contributed by atoms with Crippen molar-refractivity contribution in [1.29, 1.82) is 0 Å². The first kappa shape index (κ1) is 21.9. The Morgan fingerprint density at radius 1 is 1.39 bits per heavy atom. The maximum absolute atomic E-state index is 11.3. The van der Waals surface area contributed by atoms with Gasteiger partial charge in [-0.3, -0.25) is 9.79 Å². The summed E-state index contributed by atoms with van der Waals surface area (Å²) in [6.45, 7) is 7.32. The normalized spacial score (nSPS) is 11.6. The smallest absolute Gasteiger partial charge is 0.224 e. The van der Waals surface area contributed by atoms with E-state index in [1.807, 2.05) is 13.0 Å². The average Bonchev–Trinajstić information content (AvgIpc) is 2.46. The fourth-order valence-electron chi connectivity index (χ4n) is 1.58. The van der Waals surface area contributed by atoms with E-state index in [2.05, 4.69) is 20.6 Å². The average molecular weight is 454 g/mol. The summed E-state index contributed by atoms with van der Waals surface area (Å²) in [5.74, 6) is 0.304. The van der Waals surface area contributed by atoms with Crippen LogP contribution in [0.25, 0.3) is 0 Å². The molecule has 1 heterocycles. The van der Waals surface area contributed by atoms with Gasteiger partial charge < -0.3 is 16.4 Å². The molecule has 0 saturated heterocycles. The van der Waals surface area contributed by atoms with Crippen molar-refractivity contribution < 1.29 is 4.79 Å². The van der Waals surface area contributed by atoms with Crippen LogP contribution in [0, 0.1) is 5.41 Å². The molecule has 0 aliphatic heterocycles. The van der Waals surface area contributed by atoms with E-state index in [0.29, 0.717) is 24.2 Å². The van der Waals surface area contributed by atoms with Gasteiger partial charge in [0.25, 0.3) is 0 Å². The molecule has 0 aromatic carbocycles. The molecule has 0 radical (unpaired) electrons. The van der Waals surface area contributed by atoms with E-state index < -0.39 is 5.41 Å². The number of amides is 1. The highest BCUT2D eigenvalue weighted by molar-refractivity contribution is 14.0. The van der Waals surface area contributed by atoms with Crippen LogP contribution in [-0.4, -0.2) is 36.5 Å². The Kier molecular flexibility index (Phi) is 10.1. The molecule has 1 amide bonds. The molecule has 23 heavy (non-hydrogen) atoms. The van der Waals surface area contributed by atoms with E-state index in [4.69, 9.17) is 17.3 Å². The summed E-state index contributed by atoms with van der Waals surface area (Å²) >= 11 is 5.75. The second kappa shape index (κ2) is 10.6. The predicted molar refractivity (Wildman–Crippen MR) is 105 cm³/mol. The van der Waals surface area contributed by atoms with Crippen LogP contribution in [0.5, 0.6) is 0 Å². The van der Waals surface area contributed by atoms with E-state index in [1.165, 1.54) is 0 Å². The van der Waals surface area contributed by atoms with Crippen LogP contribution < -0.4 is 16.4 Å². The summed E-state index contributed by atoms with van der Waals surface area (Å²) in [6.07, 6.45) is 2.55. The fourth-order valence-corrected chi connectivity index (χ4v) is 1.69. The molecule has 6 nitrogen and oxygen atoms in total. The summed E-state index contributed by atoms with van der Waals surface area (Å²) < 4.78 is 0. The number of nitrogens with one attached hydrogen (secondary N) is 2. The first-order valence-electron chi connectivity index (χ1n) is 7.27. The molecule has 0 aliphatic carbocycles. The number of carbonyl (C=O) groups excluding carboxylic acids is 1. The molecular formula is C15H25ClIN5O. The highest BCUT2D eigenvalue weighted by Crippen LogP contribution is 2.13. The highest BCUT2D eigenvalue weighted by atomic mass is 127. The topological polar surface area (TPSA) is 92.4 Å². The van der Waals surface area contributed by atoms with Crippen molar-refractivity contribution in [2.24, 2.45) is 16.1 Å². The molecule has 1 aromatic rings. The van der Waals surface area contributed by atoms with Gasteiger partial charge in [0.15, 0.2) is 5.96 Å². The Bertz CT molecular complexity index is 519. The Balaban J connectivity index is 0.00000484. The van der Waals surface area contributed by atoms with Gasteiger partial charge in [-0.05, 0) is 38.8 Å². The number of rotatable bonds is 7. The molecule has 0 fully saturated rings. The Hall–Kier alpha value is -1.09. The van der Waals surface area contributed by atoms with Gasteiger partial charge in [-0.15, -0.1) is 24.0 Å². The number of nitrogens with two attached hydrogens (primary N) is 1. The molecule has 1 rings (SSSR count). The molecule has 0 aliphatic rings. The van der Waals surface area contributed by atoms with Gasteiger partial charge in [-0.25, -0.2) is 4.98 Å². The third-order valence-electron chi connectivity index (χ3n) is 3.14. The van der Waals surface area contributed by atoms with Gasteiger partial charge in [0.1, 0.15) is 5.15 Å². The molecule has 0 bridgehead atoms. The summed E-state index contributed by atoms with van der Waals surface area (Å²) in [5, 5.41) is 6.85. The van der Waals surface area contributed by atoms with Gasteiger partial charge in [0, 0.05) is 19.3 Å². The lowest BCUT2D eigenvalue weighted by Crippen LogP contribution is -2.40.